The minimum atomic E-state index is -0.644. The van der Waals surface area contributed by atoms with Crippen LogP contribution in [-0.2, 0) is 19.1 Å². The average molecular weight is 624 g/mol. The number of fused-ring (bicyclic) bond motifs is 7. The van der Waals surface area contributed by atoms with Crippen LogP contribution in [0, 0.1) is 62.6 Å². The van der Waals surface area contributed by atoms with Gasteiger partial charge in [0.05, 0.1) is 5.41 Å². The van der Waals surface area contributed by atoms with E-state index in [-0.39, 0.29) is 45.4 Å². The van der Waals surface area contributed by atoms with Crippen LogP contribution in [0.25, 0.3) is 0 Å². The molecule has 5 rings (SSSR count). The summed E-state index contributed by atoms with van der Waals surface area (Å²) >= 11 is 0. The summed E-state index contributed by atoms with van der Waals surface area (Å²) in [4.78, 5) is 41.4. The summed E-state index contributed by atoms with van der Waals surface area (Å²) in [6.07, 6.45) is 10.9. The van der Waals surface area contributed by atoms with Crippen molar-refractivity contribution in [3.63, 3.8) is 0 Å². The van der Waals surface area contributed by atoms with E-state index >= 15 is 0 Å². The van der Waals surface area contributed by atoms with Crippen LogP contribution in [0.15, 0.2) is 12.2 Å². The summed E-state index contributed by atoms with van der Waals surface area (Å²) in [6.45, 7) is 28.6. The quantitative estimate of drug-likeness (QED) is 0.237. The van der Waals surface area contributed by atoms with Crippen LogP contribution in [0.3, 0.4) is 0 Å². The molecule has 5 saturated carbocycles. The molecule has 0 heterocycles. The fourth-order valence-corrected chi connectivity index (χ4v) is 12.7. The Bertz CT molecular complexity index is 1230. The molecular formula is C40H65NO4. The Balaban J connectivity index is 1.50. The number of hydrogen-bond donors (Lipinski definition) is 1. The van der Waals surface area contributed by atoms with E-state index < -0.39 is 17.1 Å². The van der Waals surface area contributed by atoms with E-state index in [0.29, 0.717) is 35.9 Å². The van der Waals surface area contributed by atoms with Gasteiger partial charge in [0, 0.05) is 11.8 Å². The highest BCUT2D eigenvalue weighted by atomic mass is 16.6. The lowest BCUT2D eigenvalue weighted by atomic mass is 9.32. The van der Waals surface area contributed by atoms with Crippen LogP contribution in [0.4, 0.5) is 0 Å². The Labute approximate surface area is 274 Å². The zero-order chi connectivity index (χ0) is 33.5. The molecule has 45 heavy (non-hydrogen) atoms. The van der Waals surface area contributed by atoms with E-state index in [2.05, 4.69) is 60.4 Å². The molecule has 5 aliphatic carbocycles. The van der Waals surface area contributed by atoms with Crippen LogP contribution >= 0.6 is 0 Å². The molecule has 5 aliphatic rings. The van der Waals surface area contributed by atoms with Crippen molar-refractivity contribution in [2.24, 2.45) is 62.6 Å². The van der Waals surface area contributed by atoms with Crippen LogP contribution in [0.5, 0.6) is 0 Å². The smallest absolute Gasteiger partial charge is 0.329 e. The molecule has 0 bridgehead atoms. The third kappa shape index (κ3) is 5.09. The van der Waals surface area contributed by atoms with Crippen LogP contribution in [-0.4, -0.2) is 29.3 Å². The number of amides is 1. The molecule has 5 nitrogen and oxygen atoms in total. The largest absolute Gasteiger partial charge is 0.458 e. The molecule has 1 amide bonds. The van der Waals surface area contributed by atoms with Crippen molar-refractivity contribution in [3.8, 4) is 0 Å². The van der Waals surface area contributed by atoms with E-state index in [1.807, 2.05) is 27.7 Å². The third-order valence-electron chi connectivity index (χ3n) is 15.4. The van der Waals surface area contributed by atoms with Gasteiger partial charge in [-0.2, -0.15) is 0 Å². The molecule has 254 valence electrons. The molecule has 0 radical (unpaired) electrons. The van der Waals surface area contributed by atoms with Crippen molar-refractivity contribution in [1.82, 2.24) is 5.32 Å². The Kier molecular flexibility index (Phi) is 8.64. The number of esters is 1. The summed E-state index contributed by atoms with van der Waals surface area (Å²) < 4.78 is 5.84. The van der Waals surface area contributed by atoms with Crippen molar-refractivity contribution in [2.75, 3.05) is 0 Å². The van der Waals surface area contributed by atoms with Gasteiger partial charge in [0.15, 0.2) is 0 Å². The highest BCUT2D eigenvalue weighted by molar-refractivity contribution is 5.89. The predicted molar refractivity (Wildman–Crippen MR) is 181 cm³/mol. The number of Topliss-reactive ketones (excluding diaryl/α,β-unsaturated/α-hetero) is 1. The van der Waals surface area contributed by atoms with Gasteiger partial charge in [-0.25, -0.2) is 4.79 Å². The maximum Gasteiger partial charge on any atom is 0.329 e. The molecule has 0 aromatic carbocycles. The maximum atomic E-state index is 14.8. The van der Waals surface area contributed by atoms with Crippen molar-refractivity contribution >= 4 is 17.7 Å². The summed E-state index contributed by atoms with van der Waals surface area (Å²) in [6, 6.07) is -0.644. The standard InChI is InChI=1S/C40H65NO4/c1-13-25(4)32(33(43)45-35(5,6)7)41-34(44)40-21-16-26(24(2)3)31(40)27-14-15-29-37(10)19-18-30(42)36(8,9)28(37)17-20-39(29,12)38(27,11)22-23-40/h25-29,31-32H,2,13-23H2,1,3-12H3,(H,41,44). The number of ether oxygens (including phenoxy) is 1. The lowest BCUT2D eigenvalue weighted by molar-refractivity contribution is -0.233. The Morgan fingerprint density at radius 1 is 0.933 bits per heavy atom. The minimum absolute atomic E-state index is 0.0113. The van der Waals surface area contributed by atoms with Crippen LogP contribution in [0.1, 0.15) is 147 Å². The first kappa shape index (κ1) is 34.7. The molecule has 0 saturated heterocycles. The van der Waals surface area contributed by atoms with Gasteiger partial charge >= 0.3 is 5.97 Å². The van der Waals surface area contributed by atoms with Gasteiger partial charge in [-0.3, -0.25) is 9.59 Å². The topological polar surface area (TPSA) is 72.5 Å². The molecule has 1 N–H and O–H groups in total. The van der Waals surface area contributed by atoms with Crippen molar-refractivity contribution < 1.29 is 19.1 Å². The van der Waals surface area contributed by atoms with Gasteiger partial charge in [0.1, 0.15) is 17.4 Å². The van der Waals surface area contributed by atoms with Gasteiger partial charge in [-0.15, -0.1) is 0 Å². The predicted octanol–water partition coefficient (Wildman–Crippen LogP) is 9.09. The number of hydrogen-bond acceptors (Lipinski definition) is 4. The lowest BCUT2D eigenvalue weighted by Crippen LogP contribution is -2.67. The van der Waals surface area contributed by atoms with Crippen molar-refractivity contribution in [1.29, 1.82) is 0 Å². The number of carbonyl (C=O) groups is 3. The Hall–Kier alpha value is -1.65. The van der Waals surface area contributed by atoms with Gasteiger partial charge in [0.2, 0.25) is 5.91 Å². The van der Waals surface area contributed by atoms with E-state index in [4.69, 9.17) is 4.74 Å². The van der Waals surface area contributed by atoms with Crippen molar-refractivity contribution in [2.45, 2.75) is 158 Å². The first-order valence-corrected chi connectivity index (χ1v) is 18.4. The maximum absolute atomic E-state index is 14.8. The zero-order valence-electron chi connectivity index (χ0n) is 30.7. The molecule has 0 aliphatic heterocycles. The number of carbonyl (C=O) groups excluding carboxylic acids is 3. The van der Waals surface area contributed by atoms with E-state index in [1.165, 1.54) is 18.4 Å². The van der Waals surface area contributed by atoms with E-state index in [9.17, 15) is 14.4 Å². The number of nitrogens with one attached hydrogen (secondary N) is 1. The third-order valence-corrected chi connectivity index (χ3v) is 15.4. The van der Waals surface area contributed by atoms with E-state index in [0.717, 1.165) is 51.4 Å². The molecule has 11 atom stereocenters. The minimum Gasteiger partial charge on any atom is -0.458 e. The monoisotopic (exact) mass is 623 g/mol. The van der Waals surface area contributed by atoms with Gasteiger partial charge in [0.25, 0.3) is 0 Å². The molecule has 5 heteroatoms. The molecular weight excluding hydrogens is 558 g/mol. The molecule has 0 aromatic heterocycles. The molecule has 0 aromatic rings. The number of rotatable bonds is 6. The summed E-state index contributed by atoms with van der Waals surface area (Å²) in [5, 5.41) is 3.34. The second-order valence-corrected chi connectivity index (χ2v) is 18.9. The van der Waals surface area contributed by atoms with Gasteiger partial charge < -0.3 is 10.1 Å². The summed E-state index contributed by atoms with van der Waals surface area (Å²) in [7, 11) is 0. The second-order valence-electron chi connectivity index (χ2n) is 18.9. The van der Waals surface area contributed by atoms with Gasteiger partial charge in [-0.05, 0) is 137 Å². The van der Waals surface area contributed by atoms with Gasteiger partial charge in [-0.1, -0.05) is 67.0 Å². The first-order chi connectivity index (χ1) is 20.7. The highest BCUT2D eigenvalue weighted by Crippen LogP contribution is 2.77. The Morgan fingerprint density at radius 2 is 1.60 bits per heavy atom. The SMILES string of the molecule is C=C(C)C1CCC2(C(=O)NC(C(=O)OC(C)(C)C)C(C)CC)CCC3(C)C(CCC4C5(C)CCC(=O)C(C)(C)C5CCC43C)C12. The molecule has 0 spiro atoms. The molecule has 11 unspecified atom stereocenters. The fraction of sp³-hybridized carbons (Fsp3) is 0.875. The number of ketones is 1. The highest BCUT2D eigenvalue weighted by Gasteiger charge is 2.72. The number of allylic oxidation sites excluding steroid dienone is 1. The van der Waals surface area contributed by atoms with E-state index in [1.54, 1.807) is 0 Å². The second kappa shape index (κ2) is 11.2. The van der Waals surface area contributed by atoms with Crippen LogP contribution < -0.4 is 5.32 Å². The summed E-state index contributed by atoms with van der Waals surface area (Å²) in [5.41, 5.74) is 0.323. The fourth-order valence-electron chi connectivity index (χ4n) is 12.7. The average Bonchev–Trinajstić information content (AvgIpc) is 3.34. The Morgan fingerprint density at radius 3 is 2.20 bits per heavy atom. The lowest BCUT2D eigenvalue weighted by Gasteiger charge is -2.72. The van der Waals surface area contributed by atoms with Crippen LogP contribution in [0.2, 0.25) is 0 Å². The zero-order valence-corrected chi connectivity index (χ0v) is 30.7. The summed E-state index contributed by atoms with van der Waals surface area (Å²) in [5.74, 6) is 2.22. The molecule has 5 fully saturated rings. The normalized spacial score (nSPS) is 43.5. The first-order valence-electron chi connectivity index (χ1n) is 18.4. The van der Waals surface area contributed by atoms with Crippen molar-refractivity contribution in [3.05, 3.63) is 12.2 Å².